The minimum absolute atomic E-state index is 0.0224. The Morgan fingerprint density at radius 1 is 1.34 bits per heavy atom. The van der Waals surface area contributed by atoms with Crippen LogP contribution in [0.1, 0.15) is 52.2 Å². The first kappa shape index (κ1) is 31.0. The summed E-state index contributed by atoms with van der Waals surface area (Å²) in [4.78, 5) is 28.9. The molecule has 1 unspecified atom stereocenters. The van der Waals surface area contributed by atoms with Crippen LogP contribution in [0.15, 0.2) is 41.3 Å². The third kappa shape index (κ3) is 7.27. The van der Waals surface area contributed by atoms with Gasteiger partial charge in [0.05, 0.1) is 12.7 Å². The molecule has 15 heteroatoms. The van der Waals surface area contributed by atoms with Crippen LogP contribution in [0, 0.1) is 16.7 Å². The lowest BCUT2D eigenvalue weighted by atomic mass is 9.84. The van der Waals surface area contributed by atoms with E-state index in [1.165, 1.54) is 50.4 Å². The van der Waals surface area contributed by atoms with Gasteiger partial charge in [-0.15, -0.1) is 0 Å². The van der Waals surface area contributed by atoms with Gasteiger partial charge in [0, 0.05) is 11.2 Å². The van der Waals surface area contributed by atoms with Crippen molar-refractivity contribution in [1.82, 2.24) is 14.6 Å². The highest BCUT2D eigenvalue weighted by atomic mass is 35.5. The van der Waals surface area contributed by atoms with E-state index in [0.717, 1.165) is 36.7 Å². The van der Waals surface area contributed by atoms with Crippen molar-refractivity contribution in [2.45, 2.75) is 76.5 Å². The second-order valence-corrected chi connectivity index (χ2v) is 12.4. The van der Waals surface area contributed by atoms with Gasteiger partial charge in [-0.05, 0) is 69.9 Å². The maximum Gasteiger partial charge on any atom is 0.459 e. The molecule has 41 heavy (non-hydrogen) atoms. The first-order chi connectivity index (χ1) is 19.4. The van der Waals surface area contributed by atoms with E-state index in [0.29, 0.717) is 5.02 Å². The van der Waals surface area contributed by atoms with Crippen molar-refractivity contribution in [3.05, 3.63) is 52.0 Å². The third-order valence-corrected chi connectivity index (χ3v) is 9.01. The summed E-state index contributed by atoms with van der Waals surface area (Å²) in [6.07, 6.45) is 1.67. The number of aliphatic hydroxyl groups is 1. The third-order valence-electron chi connectivity index (χ3n) is 7.12. The van der Waals surface area contributed by atoms with Crippen LogP contribution in [0.4, 0.5) is 5.82 Å². The molecule has 2 heterocycles. The van der Waals surface area contributed by atoms with E-state index in [2.05, 4.69) is 10.1 Å². The topological polar surface area (TPSA) is 188 Å². The van der Waals surface area contributed by atoms with Crippen molar-refractivity contribution in [2.75, 3.05) is 12.3 Å². The van der Waals surface area contributed by atoms with Gasteiger partial charge < -0.3 is 24.8 Å². The van der Waals surface area contributed by atoms with Crippen LogP contribution >= 0.6 is 19.3 Å². The summed E-state index contributed by atoms with van der Waals surface area (Å²) in [5.41, 5.74) is 3.18. The summed E-state index contributed by atoms with van der Waals surface area (Å²) in [6, 6.07) is 8.25. The van der Waals surface area contributed by atoms with Gasteiger partial charge in [0.1, 0.15) is 41.3 Å². The number of carbonyl (C=O) groups excluding carboxylic acids is 1. The smallest absolute Gasteiger partial charge is 0.459 e. The number of nitrogens with one attached hydrogen (secondary N) is 1. The molecule has 1 aliphatic carbocycles. The molecule has 1 aromatic heterocycles. The number of nitriles is 1. The largest absolute Gasteiger partial charge is 0.461 e. The van der Waals surface area contributed by atoms with Crippen molar-refractivity contribution < 1.29 is 33.0 Å². The minimum Gasteiger partial charge on any atom is -0.461 e. The number of rotatable bonds is 10. The van der Waals surface area contributed by atoms with Gasteiger partial charge in [-0.3, -0.25) is 13.9 Å². The van der Waals surface area contributed by atoms with Crippen LogP contribution in [0.25, 0.3) is 0 Å². The molecule has 4 N–H and O–H groups in total. The minimum atomic E-state index is -4.32. The second kappa shape index (κ2) is 12.9. The molecular formula is C26H33ClN5O8P. The highest BCUT2D eigenvalue weighted by Crippen LogP contribution is 2.49. The van der Waals surface area contributed by atoms with Crippen molar-refractivity contribution >= 4 is 31.1 Å². The molecule has 1 aliphatic heterocycles. The summed E-state index contributed by atoms with van der Waals surface area (Å²) in [5.74, 6) is -0.513. The number of benzene rings is 1. The van der Waals surface area contributed by atoms with Gasteiger partial charge in [0.2, 0.25) is 0 Å². The normalized spacial score (nSPS) is 27.0. The molecule has 0 radical (unpaired) electrons. The molecule has 0 bridgehead atoms. The number of nitrogen functional groups attached to an aromatic ring is 1. The summed E-state index contributed by atoms with van der Waals surface area (Å²) >= 11 is 5.95. The Hall–Kier alpha value is -2.98. The fourth-order valence-corrected chi connectivity index (χ4v) is 6.39. The summed E-state index contributed by atoms with van der Waals surface area (Å²) in [6.45, 7) is 2.35. The van der Waals surface area contributed by atoms with E-state index in [1.807, 2.05) is 6.07 Å². The van der Waals surface area contributed by atoms with Gasteiger partial charge in [0.15, 0.2) is 6.23 Å². The Balaban J connectivity index is 1.52. The van der Waals surface area contributed by atoms with Crippen molar-refractivity contribution in [3.63, 3.8) is 0 Å². The fraction of sp³-hybridized carbons (Fsp3) is 0.538. The predicted octanol–water partition coefficient (Wildman–Crippen LogP) is 3.32. The van der Waals surface area contributed by atoms with E-state index in [4.69, 9.17) is 35.9 Å². The standard InChI is InChI=1S/C26H33ClN5O8P/c1-16(23(34)38-18-6-4-3-5-7-18)31-41(36,40-19-10-8-17(27)9-11-19)37-14-20-22(33)26(2,15-28)24(39-20)32-13-12-21(29)30-25(32)35/h8-13,16,18,20,22,24,33H,3-7,14H2,1-2H3,(H,31,36)(H2,29,30,35)/t16-,20+,22+,24+,26+,41?/m0/s1. The van der Waals surface area contributed by atoms with Gasteiger partial charge in [-0.25, -0.2) is 9.36 Å². The zero-order valence-electron chi connectivity index (χ0n) is 22.6. The second-order valence-electron chi connectivity index (χ2n) is 10.3. The molecule has 222 valence electrons. The number of nitrogens with zero attached hydrogens (tertiary/aromatic N) is 3. The molecule has 2 aliphatic rings. The molecule has 0 spiro atoms. The average Bonchev–Trinajstić information content (AvgIpc) is 3.19. The highest BCUT2D eigenvalue weighted by molar-refractivity contribution is 7.52. The van der Waals surface area contributed by atoms with Gasteiger partial charge in [-0.1, -0.05) is 18.0 Å². The summed E-state index contributed by atoms with van der Waals surface area (Å²) in [7, 11) is -4.32. The number of hydrogen-bond acceptors (Lipinski definition) is 11. The molecule has 2 fully saturated rings. The van der Waals surface area contributed by atoms with Gasteiger partial charge in [-0.2, -0.15) is 15.3 Å². The lowest BCUT2D eigenvalue weighted by molar-refractivity contribution is -0.152. The zero-order valence-corrected chi connectivity index (χ0v) is 24.3. The fourth-order valence-electron chi connectivity index (χ4n) is 4.76. The predicted molar refractivity (Wildman–Crippen MR) is 148 cm³/mol. The van der Waals surface area contributed by atoms with E-state index in [-0.39, 0.29) is 17.7 Å². The average molecular weight is 610 g/mol. The molecule has 6 atom stereocenters. The maximum absolute atomic E-state index is 13.9. The zero-order chi connectivity index (χ0) is 29.8. The number of ether oxygens (including phenoxy) is 2. The Morgan fingerprint density at radius 2 is 2.02 bits per heavy atom. The Morgan fingerprint density at radius 3 is 2.66 bits per heavy atom. The van der Waals surface area contributed by atoms with Crippen LogP contribution in [0.3, 0.4) is 0 Å². The molecule has 1 saturated carbocycles. The van der Waals surface area contributed by atoms with E-state index in [1.54, 1.807) is 0 Å². The van der Waals surface area contributed by atoms with E-state index < -0.39 is 55.9 Å². The van der Waals surface area contributed by atoms with Crippen LogP contribution in [0.2, 0.25) is 5.02 Å². The van der Waals surface area contributed by atoms with Gasteiger partial charge >= 0.3 is 19.4 Å². The van der Waals surface area contributed by atoms with Crippen LogP contribution in [-0.2, 0) is 23.4 Å². The van der Waals surface area contributed by atoms with E-state index in [9.17, 15) is 24.5 Å². The number of halogens is 1. The van der Waals surface area contributed by atoms with Crippen LogP contribution < -0.4 is 21.0 Å². The monoisotopic (exact) mass is 609 g/mol. The number of hydrogen-bond donors (Lipinski definition) is 3. The summed E-state index contributed by atoms with van der Waals surface area (Å²) in [5, 5.41) is 24.0. The lowest BCUT2D eigenvalue weighted by Crippen LogP contribution is -2.40. The van der Waals surface area contributed by atoms with Crippen LogP contribution in [0.5, 0.6) is 5.75 Å². The number of nitrogens with two attached hydrogens (primary N) is 1. The number of carbonyl (C=O) groups is 1. The molecule has 0 amide bonds. The van der Waals surface area contributed by atoms with Crippen molar-refractivity contribution in [3.8, 4) is 11.8 Å². The Kier molecular flexibility index (Phi) is 9.74. The molecule has 2 aromatic rings. The molecule has 13 nitrogen and oxygen atoms in total. The Labute approximate surface area is 242 Å². The first-order valence-electron chi connectivity index (χ1n) is 13.2. The molecule has 1 saturated heterocycles. The highest BCUT2D eigenvalue weighted by Gasteiger charge is 2.55. The molecular weight excluding hydrogens is 577 g/mol. The number of anilines is 1. The lowest BCUT2D eigenvalue weighted by Gasteiger charge is -2.27. The summed E-state index contributed by atoms with van der Waals surface area (Å²) < 4.78 is 37.8. The number of aliphatic hydroxyl groups excluding tert-OH is 1. The number of esters is 1. The van der Waals surface area contributed by atoms with Crippen molar-refractivity contribution in [2.24, 2.45) is 5.41 Å². The SMILES string of the molecule is C[C@H](NP(=O)(OC[C@H]1O[C@@H](n2ccc(N)nc2=O)[C@](C)(C#N)[C@@H]1O)Oc1ccc(Cl)cc1)C(=O)OC1CCCCC1. The van der Waals surface area contributed by atoms with Gasteiger partial charge in [0.25, 0.3) is 0 Å². The first-order valence-corrected chi connectivity index (χ1v) is 15.1. The Bertz CT molecular complexity index is 1380. The van der Waals surface area contributed by atoms with E-state index >= 15 is 0 Å². The molecule has 4 rings (SSSR count). The maximum atomic E-state index is 13.9. The molecule has 1 aromatic carbocycles. The number of aromatic nitrogens is 2. The van der Waals surface area contributed by atoms with Crippen LogP contribution in [-0.4, -0.2) is 51.6 Å². The van der Waals surface area contributed by atoms with Crippen molar-refractivity contribution in [1.29, 1.82) is 5.26 Å². The quantitative estimate of drug-likeness (QED) is 0.264.